The van der Waals surface area contributed by atoms with Gasteiger partial charge in [-0.05, 0) is 41.2 Å². The van der Waals surface area contributed by atoms with Gasteiger partial charge in [0.1, 0.15) is 11.4 Å². The highest BCUT2D eigenvalue weighted by molar-refractivity contribution is 6.00. The zero-order valence-corrected chi connectivity index (χ0v) is 17.2. The molecule has 1 aliphatic rings. The lowest BCUT2D eigenvalue weighted by Crippen LogP contribution is -2.52. The maximum absolute atomic E-state index is 13.8. The molecule has 2 aromatic carbocycles. The molecule has 0 fully saturated rings. The first kappa shape index (κ1) is 18.6. The third-order valence-corrected chi connectivity index (χ3v) is 6.30. The van der Waals surface area contributed by atoms with Crippen LogP contribution < -0.4 is 4.74 Å². The van der Waals surface area contributed by atoms with E-state index in [0.29, 0.717) is 24.1 Å². The van der Waals surface area contributed by atoms with Crippen molar-refractivity contribution >= 4 is 16.8 Å². The smallest absolute Gasteiger partial charge is 0.271 e. The van der Waals surface area contributed by atoms with Crippen LogP contribution >= 0.6 is 0 Å². The Morgan fingerprint density at radius 2 is 1.79 bits per heavy atom. The van der Waals surface area contributed by atoms with Crippen molar-refractivity contribution in [2.75, 3.05) is 7.11 Å². The zero-order chi connectivity index (χ0) is 20.1. The maximum atomic E-state index is 13.8. The molecular weight excluding hydrogens is 348 g/mol. The summed E-state index contributed by atoms with van der Waals surface area (Å²) in [5.74, 6) is 1.39. The van der Waals surface area contributed by atoms with Gasteiger partial charge in [0.15, 0.2) is 0 Å². The summed E-state index contributed by atoms with van der Waals surface area (Å²) in [6.45, 7) is 9.51. The summed E-state index contributed by atoms with van der Waals surface area (Å²) in [4.78, 5) is 19.2. The van der Waals surface area contributed by atoms with E-state index in [1.165, 1.54) is 11.1 Å². The predicted molar refractivity (Wildman–Crippen MR) is 113 cm³/mol. The molecule has 0 radical (unpaired) electrons. The van der Waals surface area contributed by atoms with Crippen LogP contribution in [-0.4, -0.2) is 22.9 Å². The first-order valence-electron chi connectivity index (χ1n) is 9.97. The van der Waals surface area contributed by atoms with Gasteiger partial charge in [-0.25, -0.2) is 0 Å². The number of benzene rings is 2. The topological polar surface area (TPSA) is 45.3 Å². The number of nitrogens with one attached hydrogen (secondary N) is 1. The number of carbonyl (C=O) groups excluding carboxylic acids is 1. The van der Waals surface area contributed by atoms with Gasteiger partial charge in [0.25, 0.3) is 5.91 Å². The van der Waals surface area contributed by atoms with E-state index in [-0.39, 0.29) is 11.4 Å². The fraction of sp³-hybridized carbons (Fsp3) is 0.375. The third-order valence-electron chi connectivity index (χ3n) is 6.30. The predicted octanol–water partition coefficient (Wildman–Crippen LogP) is 5.34. The monoisotopic (exact) mass is 376 g/mol. The molecule has 0 bridgehead atoms. The minimum atomic E-state index is -0.324. The molecule has 0 saturated heterocycles. The van der Waals surface area contributed by atoms with Gasteiger partial charge in [-0.2, -0.15) is 0 Å². The second kappa shape index (κ2) is 6.69. The average molecular weight is 377 g/mol. The molecule has 0 aliphatic carbocycles. The van der Waals surface area contributed by atoms with Crippen molar-refractivity contribution in [3.05, 3.63) is 65.4 Å². The van der Waals surface area contributed by atoms with E-state index in [4.69, 9.17) is 4.74 Å². The van der Waals surface area contributed by atoms with Crippen LogP contribution in [0.5, 0.6) is 5.75 Å². The third kappa shape index (κ3) is 2.47. The molecule has 0 unspecified atom stereocenters. The highest BCUT2D eigenvalue weighted by Crippen LogP contribution is 2.50. The van der Waals surface area contributed by atoms with Crippen molar-refractivity contribution in [2.45, 2.75) is 39.8 Å². The van der Waals surface area contributed by atoms with E-state index in [1.807, 2.05) is 24.3 Å². The van der Waals surface area contributed by atoms with Gasteiger partial charge >= 0.3 is 0 Å². The Balaban J connectivity index is 1.85. The Hall–Kier alpha value is -2.75. The second-order valence-corrected chi connectivity index (χ2v) is 8.29. The van der Waals surface area contributed by atoms with Crippen molar-refractivity contribution in [3.8, 4) is 5.75 Å². The Kier molecular flexibility index (Phi) is 4.45. The molecule has 4 nitrogen and oxygen atoms in total. The van der Waals surface area contributed by atoms with E-state index < -0.39 is 0 Å². The minimum Gasteiger partial charge on any atom is -0.496 e. The molecule has 0 atom stereocenters. The Morgan fingerprint density at radius 3 is 2.46 bits per heavy atom. The van der Waals surface area contributed by atoms with Crippen LogP contribution in [0, 0.1) is 11.8 Å². The lowest BCUT2D eigenvalue weighted by molar-refractivity contribution is 0.0122. The summed E-state index contributed by atoms with van der Waals surface area (Å²) in [5.41, 5.74) is 3.72. The number of hydrogen-bond acceptors (Lipinski definition) is 2. The molecule has 1 aromatic heterocycles. The number of nitrogens with zero attached hydrogens (tertiary/aromatic N) is 1. The van der Waals surface area contributed by atoms with Crippen molar-refractivity contribution in [1.29, 1.82) is 0 Å². The summed E-state index contributed by atoms with van der Waals surface area (Å²) in [6.07, 6.45) is 0. The summed E-state index contributed by atoms with van der Waals surface area (Å²) in [7, 11) is 1.66. The van der Waals surface area contributed by atoms with Gasteiger partial charge in [0.2, 0.25) is 0 Å². The molecule has 1 aliphatic heterocycles. The fourth-order valence-corrected chi connectivity index (χ4v) is 5.21. The van der Waals surface area contributed by atoms with Crippen LogP contribution in [0.15, 0.2) is 48.5 Å². The number of methoxy groups -OCH3 is 1. The van der Waals surface area contributed by atoms with Gasteiger partial charge in [0.05, 0.1) is 12.6 Å². The first-order chi connectivity index (χ1) is 13.4. The lowest BCUT2D eigenvalue weighted by Gasteiger charge is -2.46. The van der Waals surface area contributed by atoms with E-state index in [1.54, 1.807) is 7.11 Å². The van der Waals surface area contributed by atoms with E-state index >= 15 is 0 Å². The number of rotatable bonds is 4. The molecule has 0 saturated carbocycles. The number of ether oxygens (including phenoxy) is 1. The van der Waals surface area contributed by atoms with Crippen molar-refractivity contribution in [3.63, 3.8) is 0 Å². The molecule has 1 N–H and O–H groups in total. The van der Waals surface area contributed by atoms with Crippen LogP contribution in [0.25, 0.3) is 10.9 Å². The molecule has 146 valence electrons. The highest BCUT2D eigenvalue weighted by atomic mass is 16.5. The summed E-state index contributed by atoms with van der Waals surface area (Å²) in [6, 6.07) is 16.2. The number of aromatic nitrogens is 1. The number of H-pyrrole nitrogens is 1. The summed E-state index contributed by atoms with van der Waals surface area (Å²) in [5, 5.41) is 0.935. The van der Waals surface area contributed by atoms with Crippen molar-refractivity contribution in [1.82, 2.24) is 9.88 Å². The fourth-order valence-electron chi connectivity index (χ4n) is 5.21. The minimum absolute atomic E-state index is 0.0388. The van der Waals surface area contributed by atoms with Crippen LogP contribution in [0.2, 0.25) is 0 Å². The Morgan fingerprint density at radius 1 is 1.07 bits per heavy atom. The summed E-state index contributed by atoms with van der Waals surface area (Å²) < 4.78 is 5.47. The molecule has 0 spiro atoms. The second-order valence-electron chi connectivity index (χ2n) is 8.29. The van der Waals surface area contributed by atoms with Crippen LogP contribution in [0.3, 0.4) is 0 Å². The molecule has 28 heavy (non-hydrogen) atoms. The van der Waals surface area contributed by atoms with Crippen LogP contribution in [0.4, 0.5) is 0 Å². The van der Waals surface area contributed by atoms with E-state index in [9.17, 15) is 4.79 Å². The van der Waals surface area contributed by atoms with Gasteiger partial charge in [0, 0.05) is 17.4 Å². The number of aromatic amines is 1. The van der Waals surface area contributed by atoms with Crippen molar-refractivity contribution in [2.24, 2.45) is 11.8 Å². The van der Waals surface area contributed by atoms with E-state index in [2.05, 4.69) is 61.8 Å². The Labute approximate surface area is 166 Å². The molecule has 4 rings (SSSR count). The van der Waals surface area contributed by atoms with E-state index in [0.717, 1.165) is 16.7 Å². The summed E-state index contributed by atoms with van der Waals surface area (Å²) >= 11 is 0. The maximum Gasteiger partial charge on any atom is 0.271 e. The normalized spacial score (nSPS) is 15.5. The van der Waals surface area contributed by atoms with Gasteiger partial charge < -0.3 is 14.6 Å². The van der Waals surface area contributed by atoms with Gasteiger partial charge in [-0.3, -0.25) is 4.79 Å². The van der Waals surface area contributed by atoms with Crippen molar-refractivity contribution < 1.29 is 9.53 Å². The number of hydrogen-bond donors (Lipinski definition) is 1. The largest absolute Gasteiger partial charge is 0.496 e. The van der Waals surface area contributed by atoms with Crippen LogP contribution in [-0.2, 0) is 12.1 Å². The zero-order valence-electron chi connectivity index (χ0n) is 17.2. The number of fused-ring (bicyclic) bond motifs is 2. The first-order valence-corrected chi connectivity index (χ1v) is 9.97. The number of amides is 1. The van der Waals surface area contributed by atoms with Gasteiger partial charge in [-0.1, -0.05) is 58.0 Å². The highest BCUT2D eigenvalue weighted by Gasteiger charge is 2.51. The molecule has 4 heteroatoms. The van der Waals surface area contributed by atoms with Crippen LogP contribution in [0.1, 0.15) is 49.3 Å². The SMILES string of the molecule is COc1cccc2[nH]c(C(=O)N3Cc4ccccc4C3(C(C)C)C(C)C)cc12. The lowest BCUT2D eigenvalue weighted by atomic mass is 9.71. The molecule has 3 aromatic rings. The molecular formula is C24H28N2O2. The average Bonchev–Trinajstić information content (AvgIpc) is 3.26. The molecule has 2 heterocycles. The standard InChI is InChI=1S/C24H28N2O2/c1-15(2)24(16(3)4)19-10-7-6-9-17(19)14-26(24)23(27)21-13-18-20(25-21)11-8-12-22(18)28-5/h6-13,15-16,25H,14H2,1-5H3. The molecule has 1 amide bonds. The quantitative estimate of drug-likeness (QED) is 0.668. The number of carbonyl (C=O) groups is 1. The Bertz CT molecular complexity index is 1020. The van der Waals surface area contributed by atoms with Gasteiger partial charge in [-0.15, -0.1) is 0 Å².